The highest BCUT2D eigenvalue weighted by Gasteiger charge is 2.17. The number of nitrogens with zero attached hydrogens (tertiary/aromatic N) is 2. The van der Waals surface area contributed by atoms with Crippen molar-refractivity contribution in [2.75, 3.05) is 19.7 Å². The molecule has 0 fully saturated rings. The van der Waals surface area contributed by atoms with Gasteiger partial charge in [0.25, 0.3) is 5.91 Å². The molecule has 26 heavy (non-hydrogen) atoms. The summed E-state index contributed by atoms with van der Waals surface area (Å²) >= 11 is 20.3. The second kappa shape index (κ2) is 10.5. The zero-order valence-electron chi connectivity index (χ0n) is 14.1. The fraction of sp³-hybridized carbons (Fsp3) is 0.333. The summed E-state index contributed by atoms with van der Waals surface area (Å²) in [5, 5.41) is 1.13. The highest BCUT2D eigenvalue weighted by molar-refractivity contribution is 14.1. The van der Waals surface area contributed by atoms with E-state index in [1.165, 1.54) is 0 Å². The number of hydrogen-bond donors (Lipinski definition) is 0. The average Bonchev–Trinajstić information content (AvgIpc) is 2.59. The Morgan fingerprint density at radius 2 is 1.85 bits per heavy atom. The van der Waals surface area contributed by atoms with Crippen LogP contribution in [0.4, 0.5) is 0 Å². The van der Waals surface area contributed by atoms with Gasteiger partial charge in [-0.1, -0.05) is 48.1 Å². The first kappa shape index (κ1) is 21.5. The molecule has 1 aromatic heterocycles. The van der Waals surface area contributed by atoms with E-state index in [2.05, 4.69) is 34.5 Å². The van der Waals surface area contributed by atoms with Gasteiger partial charge in [-0.15, -0.1) is 0 Å². The molecule has 4 nitrogen and oxygen atoms in total. The lowest BCUT2D eigenvalue weighted by Gasteiger charge is -2.23. The van der Waals surface area contributed by atoms with Gasteiger partial charge in [0.05, 0.1) is 22.2 Å². The van der Waals surface area contributed by atoms with E-state index in [-0.39, 0.29) is 12.5 Å². The van der Waals surface area contributed by atoms with Gasteiger partial charge in [0.15, 0.2) is 5.75 Å². The largest absolute Gasteiger partial charge is 0.489 e. The maximum atomic E-state index is 12.8. The standard InChI is InChI=1S/C18H18Cl3IN2O2/c1-2-3-4-24(18(25)12-7-14(22)11-23-10-12)5-6-26-17-15(20)8-13(19)9-16(17)21/h7-11H,2-6H2,1H3. The van der Waals surface area contributed by atoms with E-state index in [1.807, 2.05) is 6.07 Å². The number of amides is 1. The fourth-order valence-electron chi connectivity index (χ4n) is 2.30. The van der Waals surface area contributed by atoms with E-state index in [1.54, 1.807) is 29.4 Å². The molecule has 1 amide bonds. The Kier molecular flexibility index (Phi) is 8.73. The first-order valence-electron chi connectivity index (χ1n) is 8.09. The molecule has 2 aromatic rings. The summed E-state index contributed by atoms with van der Waals surface area (Å²) in [6.07, 6.45) is 5.19. The molecule has 0 aliphatic heterocycles. The predicted molar refractivity (Wildman–Crippen MR) is 115 cm³/mol. The molecule has 0 bridgehead atoms. The van der Waals surface area contributed by atoms with Crippen molar-refractivity contribution in [3.8, 4) is 5.75 Å². The summed E-state index contributed by atoms with van der Waals surface area (Å²) in [5.74, 6) is 0.304. The number of carbonyl (C=O) groups excluding carboxylic acids is 1. The van der Waals surface area contributed by atoms with E-state index >= 15 is 0 Å². The maximum absolute atomic E-state index is 12.8. The number of halogens is 4. The predicted octanol–water partition coefficient (Wildman–Crippen LogP) is 5.97. The monoisotopic (exact) mass is 526 g/mol. The zero-order chi connectivity index (χ0) is 19.1. The number of benzene rings is 1. The van der Waals surface area contributed by atoms with E-state index in [9.17, 15) is 4.79 Å². The van der Waals surface area contributed by atoms with Crippen molar-refractivity contribution in [2.45, 2.75) is 19.8 Å². The summed E-state index contributed by atoms with van der Waals surface area (Å²) < 4.78 is 6.63. The van der Waals surface area contributed by atoms with Crippen molar-refractivity contribution in [3.05, 3.63) is 54.8 Å². The molecule has 1 heterocycles. The average molecular weight is 528 g/mol. The number of pyridine rings is 1. The minimum Gasteiger partial charge on any atom is -0.489 e. The van der Waals surface area contributed by atoms with Crippen LogP contribution in [0.15, 0.2) is 30.6 Å². The maximum Gasteiger partial charge on any atom is 0.255 e. The Morgan fingerprint density at radius 3 is 2.46 bits per heavy atom. The third-order valence-corrected chi connectivity index (χ3v) is 4.96. The van der Waals surface area contributed by atoms with Crippen LogP contribution >= 0.6 is 57.4 Å². The number of hydrogen-bond acceptors (Lipinski definition) is 3. The van der Waals surface area contributed by atoms with Crippen molar-refractivity contribution < 1.29 is 9.53 Å². The van der Waals surface area contributed by atoms with Gasteiger partial charge >= 0.3 is 0 Å². The quantitative estimate of drug-likeness (QED) is 0.398. The molecule has 1 aromatic carbocycles. The number of carbonyl (C=O) groups is 1. The molecule has 140 valence electrons. The highest BCUT2D eigenvalue weighted by atomic mass is 127. The Hall–Kier alpha value is -0.760. The zero-order valence-corrected chi connectivity index (χ0v) is 18.6. The Balaban J connectivity index is 2.05. The van der Waals surface area contributed by atoms with Gasteiger partial charge in [0, 0.05) is 27.5 Å². The molecule has 0 radical (unpaired) electrons. The van der Waals surface area contributed by atoms with Crippen molar-refractivity contribution in [1.29, 1.82) is 0 Å². The van der Waals surface area contributed by atoms with E-state index in [0.29, 0.717) is 39.5 Å². The number of ether oxygens (including phenoxy) is 1. The Morgan fingerprint density at radius 1 is 1.15 bits per heavy atom. The van der Waals surface area contributed by atoms with Gasteiger partial charge in [0.2, 0.25) is 0 Å². The lowest BCUT2D eigenvalue weighted by atomic mass is 10.2. The molecule has 0 aliphatic rings. The molecule has 2 rings (SSSR count). The third-order valence-electron chi connectivity index (χ3n) is 3.59. The molecule has 0 N–H and O–H groups in total. The van der Waals surface area contributed by atoms with Crippen LogP contribution in [0, 0.1) is 3.57 Å². The molecule has 0 saturated heterocycles. The fourth-order valence-corrected chi connectivity index (χ4v) is 3.72. The Bertz CT molecular complexity index is 751. The highest BCUT2D eigenvalue weighted by Crippen LogP contribution is 2.35. The molecule has 8 heteroatoms. The van der Waals surface area contributed by atoms with Crippen LogP contribution in [0.3, 0.4) is 0 Å². The van der Waals surface area contributed by atoms with Crippen molar-refractivity contribution in [2.24, 2.45) is 0 Å². The second-order valence-electron chi connectivity index (χ2n) is 5.58. The lowest BCUT2D eigenvalue weighted by Crippen LogP contribution is -2.35. The second-order valence-corrected chi connectivity index (χ2v) is 8.08. The minimum absolute atomic E-state index is 0.0682. The lowest BCUT2D eigenvalue weighted by molar-refractivity contribution is 0.0727. The molecule has 0 atom stereocenters. The number of rotatable bonds is 8. The van der Waals surface area contributed by atoms with Crippen LogP contribution in [-0.2, 0) is 0 Å². The third kappa shape index (κ3) is 6.15. The summed E-state index contributed by atoms with van der Waals surface area (Å²) in [6.45, 7) is 3.42. The minimum atomic E-state index is -0.0682. The van der Waals surface area contributed by atoms with Crippen LogP contribution in [0.25, 0.3) is 0 Å². The van der Waals surface area contributed by atoms with E-state index in [0.717, 1.165) is 16.4 Å². The van der Waals surface area contributed by atoms with Crippen LogP contribution in [0.1, 0.15) is 30.1 Å². The SMILES string of the molecule is CCCCN(CCOc1c(Cl)cc(Cl)cc1Cl)C(=O)c1cncc(I)c1. The topological polar surface area (TPSA) is 42.4 Å². The molecule has 0 unspecified atom stereocenters. The van der Waals surface area contributed by atoms with Crippen molar-refractivity contribution in [1.82, 2.24) is 9.88 Å². The summed E-state index contributed by atoms with van der Waals surface area (Å²) in [5.41, 5.74) is 0.565. The summed E-state index contributed by atoms with van der Waals surface area (Å²) in [7, 11) is 0. The van der Waals surface area contributed by atoms with Crippen LogP contribution in [0.5, 0.6) is 5.75 Å². The van der Waals surface area contributed by atoms with Gasteiger partial charge in [-0.25, -0.2) is 0 Å². The van der Waals surface area contributed by atoms with Crippen molar-refractivity contribution in [3.63, 3.8) is 0 Å². The Labute approximate surface area is 181 Å². The number of aromatic nitrogens is 1. The smallest absolute Gasteiger partial charge is 0.255 e. The normalized spacial score (nSPS) is 10.7. The van der Waals surface area contributed by atoms with Gasteiger partial charge in [0.1, 0.15) is 6.61 Å². The molecular weight excluding hydrogens is 509 g/mol. The summed E-state index contributed by atoms with van der Waals surface area (Å²) in [6, 6.07) is 4.96. The molecule has 0 aliphatic carbocycles. The van der Waals surface area contributed by atoms with Gasteiger partial charge in [-0.2, -0.15) is 0 Å². The van der Waals surface area contributed by atoms with Gasteiger partial charge in [-0.3, -0.25) is 9.78 Å². The van der Waals surface area contributed by atoms with E-state index in [4.69, 9.17) is 39.5 Å². The van der Waals surface area contributed by atoms with Crippen LogP contribution < -0.4 is 4.74 Å². The summed E-state index contributed by atoms with van der Waals surface area (Å²) in [4.78, 5) is 18.6. The number of unbranched alkanes of at least 4 members (excludes halogenated alkanes) is 1. The van der Waals surface area contributed by atoms with Crippen LogP contribution in [-0.4, -0.2) is 35.5 Å². The van der Waals surface area contributed by atoms with Gasteiger partial charge < -0.3 is 9.64 Å². The van der Waals surface area contributed by atoms with Crippen molar-refractivity contribution >= 4 is 63.3 Å². The molecular formula is C18H18Cl3IN2O2. The molecule has 0 spiro atoms. The van der Waals surface area contributed by atoms with Gasteiger partial charge in [-0.05, 0) is 47.2 Å². The van der Waals surface area contributed by atoms with E-state index < -0.39 is 0 Å². The van der Waals surface area contributed by atoms with Crippen LogP contribution in [0.2, 0.25) is 15.1 Å². The first-order chi connectivity index (χ1) is 12.4. The molecule has 0 saturated carbocycles. The first-order valence-corrected chi connectivity index (χ1v) is 10.3.